The zero-order chi connectivity index (χ0) is 13.9. The predicted octanol–water partition coefficient (Wildman–Crippen LogP) is 1.95. The first-order valence-electron chi connectivity index (χ1n) is 5.35. The number of aliphatic hydroxyl groups is 1. The Morgan fingerprint density at radius 3 is 2.56 bits per heavy atom. The van der Waals surface area contributed by atoms with Gasteiger partial charge in [-0.25, -0.2) is 0 Å². The van der Waals surface area contributed by atoms with Crippen molar-refractivity contribution in [2.45, 2.75) is 26.4 Å². The van der Waals surface area contributed by atoms with Crippen LogP contribution >= 0.6 is 0 Å². The second-order valence-electron chi connectivity index (χ2n) is 4.59. The highest BCUT2D eigenvalue weighted by Gasteiger charge is 2.18. The van der Waals surface area contributed by atoms with Crippen LogP contribution in [0.25, 0.3) is 0 Å². The van der Waals surface area contributed by atoms with Crippen LogP contribution in [0.3, 0.4) is 0 Å². The molecule has 0 aliphatic rings. The average Bonchev–Trinajstić information content (AvgIpc) is 2.24. The highest BCUT2D eigenvalue weighted by Crippen LogP contribution is 2.25. The van der Waals surface area contributed by atoms with E-state index in [0.29, 0.717) is 0 Å². The molecule has 18 heavy (non-hydrogen) atoms. The molecule has 0 saturated heterocycles. The molecule has 0 aliphatic heterocycles. The minimum Gasteiger partial charge on any atom is -0.490 e. The number of benzene rings is 1. The van der Waals surface area contributed by atoms with Crippen LogP contribution in [0.2, 0.25) is 0 Å². The topological polar surface area (TPSA) is 89.7 Å². The molecule has 1 rings (SSSR count). The SMILES string of the molecule is CC(=O)c1cc([N+](=O)[O-])ccc1OCC(C)(C)O. The van der Waals surface area contributed by atoms with Crippen LogP contribution in [0.5, 0.6) is 5.75 Å². The summed E-state index contributed by atoms with van der Waals surface area (Å²) in [6.45, 7) is 4.42. The largest absolute Gasteiger partial charge is 0.490 e. The van der Waals surface area contributed by atoms with Gasteiger partial charge in [0.25, 0.3) is 5.69 Å². The fraction of sp³-hybridized carbons (Fsp3) is 0.417. The Bertz CT molecular complexity index is 476. The van der Waals surface area contributed by atoms with Crippen molar-refractivity contribution in [3.63, 3.8) is 0 Å². The molecule has 0 spiro atoms. The fourth-order valence-electron chi connectivity index (χ4n) is 1.29. The number of hydrogen-bond donors (Lipinski definition) is 1. The number of nitro groups is 1. The minimum atomic E-state index is -1.05. The van der Waals surface area contributed by atoms with Crippen LogP contribution in [-0.2, 0) is 0 Å². The van der Waals surface area contributed by atoms with Gasteiger partial charge in [0, 0.05) is 12.1 Å². The Morgan fingerprint density at radius 1 is 1.50 bits per heavy atom. The molecule has 0 amide bonds. The molecule has 0 saturated carbocycles. The molecule has 1 aromatic carbocycles. The van der Waals surface area contributed by atoms with E-state index in [0.717, 1.165) is 0 Å². The van der Waals surface area contributed by atoms with Crippen molar-refractivity contribution in [1.29, 1.82) is 0 Å². The Balaban J connectivity index is 3.05. The van der Waals surface area contributed by atoms with Crippen molar-refractivity contribution in [3.05, 3.63) is 33.9 Å². The molecular formula is C12H15NO5. The summed E-state index contributed by atoms with van der Waals surface area (Å²) in [7, 11) is 0. The lowest BCUT2D eigenvalue weighted by molar-refractivity contribution is -0.384. The van der Waals surface area contributed by atoms with Crippen LogP contribution in [0, 0.1) is 10.1 Å². The van der Waals surface area contributed by atoms with Crippen LogP contribution in [-0.4, -0.2) is 28.0 Å². The first kappa shape index (κ1) is 14.1. The molecule has 6 heteroatoms. The number of nitrogens with zero attached hydrogens (tertiary/aromatic N) is 1. The summed E-state index contributed by atoms with van der Waals surface area (Å²) in [5.41, 5.74) is -1.08. The van der Waals surface area contributed by atoms with E-state index in [1.165, 1.54) is 25.1 Å². The molecule has 0 fully saturated rings. The monoisotopic (exact) mass is 253 g/mol. The van der Waals surface area contributed by atoms with Crippen LogP contribution in [0.4, 0.5) is 5.69 Å². The lowest BCUT2D eigenvalue weighted by Crippen LogP contribution is -2.28. The normalized spacial score (nSPS) is 11.1. The molecule has 6 nitrogen and oxygen atoms in total. The van der Waals surface area contributed by atoms with Gasteiger partial charge in [0.2, 0.25) is 0 Å². The van der Waals surface area contributed by atoms with Crippen molar-refractivity contribution in [2.24, 2.45) is 0 Å². The van der Waals surface area contributed by atoms with E-state index in [-0.39, 0.29) is 29.4 Å². The number of Topliss-reactive ketones (excluding diaryl/α,β-unsaturated/α-hetero) is 1. The smallest absolute Gasteiger partial charge is 0.270 e. The third-order valence-electron chi connectivity index (χ3n) is 2.13. The molecule has 0 atom stereocenters. The van der Waals surface area contributed by atoms with Crippen molar-refractivity contribution in [1.82, 2.24) is 0 Å². The van der Waals surface area contributed by atoms with Crippen LogP contribution in [0.15, 0.2) is 18.2 Å². The van der Waals surface area contributed by atoms with Crippen molar-refractivity contribution in [2.75, 3.05) is 6.61 Å². The third-order valence-corrected chi connectivity index (χ3v) is 2.13. The van der Waals surface area contributed by atoms with Gasteiger partial charge in [0.1, 0.15) is 12.4 Å². The van der Waals surface area contributed by atoms with Crippen LogP contribution in [0.1, 0.15) is 31.1 Å². The number of carbonyl (C=O) groups is 1. The van der Waals surface area contributed by atoms with E-state index in [4.69, 9.17) is 4.74 Å². The van der Waals surface area contributed by atoms with E-state index in [2.05, 4.69) is 0 Å². The molecule has 0 aliphatic carbocycles. The van der Waals surface area contributed by atoms with Crippen molar-refractivity contribution >= 4 is 11.5 Å². The zero-order valence-electron chi connectivity index (χ0n) is 10.5. The highest BCUT2D eigenvalue weighted by atomic mass is 16.6. The molecule has 0 bridgehead atoms. The average molecular weight is 253 g/mol. The second kappa shape index (κ2) is 5.14. The number of hydrogen-bond acceptors (Lipinski definition) is 5. The van der Waals surface area contributed by atoms with Crippen molar-refractivity contribution in [3.8, 4) is 5.75 Å². The Labute approximate surface area is 104 Å². The molecule has 1 N–H and O–H groups in total. The Hall–Kier alpha value is -1.95. The quantitative estimate of drug-likeness (QED) is 0.492. The lowest BCUT2D eigenvalue weighted by atomic mass is 10.1. The maximum absolute atomic E-state index is 11.4. The lowest BCUT2D eigenvalue weighted by Gasteiger charge is -2.18. The highest BCUT2D eigenvalue weighted by molar-refractivity contribution is 5.97. The number of carbonyl (C=O) groups excluding carboxylic acids is 1. The van der Waals surface area contributed by atoms with Gasteiger partial charge in [-0.2, -0.15) is 0 Å². The van der Waals surface area contributed by atoms with Gasteiger partial charge in [-0.15, -0.1) is 0 Å². The van der Waals surface area contributed by atoms with Gasteiger partial charge < -0.3 is 9.84 Å². The van der Waals surface area contributed by atoms with Crippen LogP contribution < -0.4 is 4.74 Å². The summed E-state index contributed by atoms with van der Waals surface area (Å²) in [5, 5.41) is 20.2. The summed E-state index contributed by atoms with van der Waals surface area (Å²) >= 11 is 0. The van der Waals surface area contributed by atoms with E-state index >= 15 is 0 Å². The van der Waals surface area contributed by atoms with Crippen molar-refractivity contribution < 1.29 is 19.6 Å². The molecule has 0 heterocycles. The number of rotatable bonds is 5. The summed E-state index contributed by atoms with van der Waals surface area (Å²) in [5.74, 6) is -0.0975. The van der Waals surface area contributed by atoms with Gasteiger partial charge in [-0.3, -0.25) is 14.9 Å². The molecule has 1 aromatic rings. The molecule has 98 valence electrons. The number of non-ortho nitro benzene ring substituents is 1. The fourth-order valence-corrected chi connectivity index (χ4v) is 1.29. The summed E-state index contributed by atoms with van der Waals surface area (Å²) < 4.78 is 5.30. The molecular weight excluding hydrogens is 238 g/mol. The zero-order valence-corrected chi connectivity index (χ0v) is 10.5. The Morgan fingerprint density at radius 2 is 2.11 bits per heavy atom. The predicted molar refractivity (Wildman–Crippen MR) is 64.9 cm³/mol. The molecule has 0 radical (unpaired) electrons. The number of ketones is 1. The first-order chi connectivity index (χ1) is 8.20. The van der Waals surface area contributed by atoms with Gasteiger partial charge >= 0.3 is 0 Å². The summed E-state index contributed by atoms with van der Waals surface area (Å²) in [6, 6.07) is 3.79. The minimum absolute atomic E-state index is 0.00884. The third kappa shape index (κ3) is 3.81. The molecule has 0 aromatic heterocycles. The summed E-state index contributed by atoms with van der Waals surface area (Å²) in [4.78, 5) is 21.4. The number of nitro benzene ring substituents is 1. The first-order valence-corrected chi connectivity index (χ1v) is 5.35. The maximum Gasteiger partial charge on any atom is 0.270 e. The Kier molecular flexibility index (Phi) is 4.03. The van der Waals surface area contributed by atoms with Gasteiger partial charge in [-0.1, -0.05) is 0 Å². The van der Waals surface area contributed by atoms with Gasteiger partial charge in [0.05, 0.1) is 16.1 Å². The van der Waals surface area contributed by atoms with E-state index in [9.17, 15) is 20.0 Å². The second-order valence-corrected chi connectivity index (χ2v) is 4.59. The van der Waals surface area contributed by atoms with Gasteiger partial charge in [0.15, 0.2) is 5.78 Å². The van der Waals surface area contributed by atoms with E-state index in [1.807, 2.05) is 0 Å². The molecule has 0 unspecified atom stereocenters. The van der Waals surface area contributed by atoms with E-state index in [1.54, 1.807) is 13.8 Å². The summed E-state index contributed by atoms with van der Waals surface area (Å²) in [6.07, 6.45) is 0. The maximum atomic E-state index is 11.4. The van der Waals surface area contributed by atoms with Gasteiger partial charge in [-0.05, 0) is 26.8 Å². The number of ether oxygens (including phenoxy) is 1. The standard InChI is InChI=1S/C12H15NO5/c1-8(14)10-6-9(13(16)17)4-5-11(10)18-7-12(2,3)15/h4-6,15H,7H2,1-3H3. The van der Waals surface area contributed by atoms with E-state index < -0.39 is 10.5 Å².